The highest BCUT2D eigenvalue weighted by molar-refractivity contribution is 6.13. The van der Waals surface area contributed by atoms with Gasteiger partial charge in [0.25, 0.3) is 0 Å². The first-order valence-corrected chi connectivity index (χ1v) is 4.85. The molecule has 70 valence electrons. The summed E-state index contributed by atoms with van der Waals surface area (Å²) in [6, 6.07) is 0. The third-order valence-electron chi connectivity index (χ3n) is 2.52. The molecule has 0 bridgehead atoms. The summed E-state index contributed by atoms with van der Waals surface area (Å²) >= 11 is 5.45. The van der Waals surface area contributed by atoms with Gasteiger partial charge in [0.05, 0.1) is 0 Å². The maximum absolute atomic E-state index is 5.45. The van der Waals surface area contributed by atoms with Crippen molar-refractivity contribution in [1.82, 2.24) is 9.74 Å². The molecule has 0 atom stereocenters. The van der Waals surface area contributed by atoms with E-state index in [1.165, 1.54) is 18.5 Å². The molecule has 1 aliphatic heterocycles. The Kier molecular flexibility index (Phi) is 3.89. The van der Waals surface area contributed by atoms with Crippen LogP contribution in [0.2, 0.25) is 0 Å². The molecular formula is C9H17ClN2. The van der Waals surface area contributed by atoms with Gasteiger partial charge < -0.3 is 4.90 Å². The van der Waals surface area contributed by atoms with E-state index in [1.54, 1.807) is 0 Å². The second-order valence-electron chi connectivity index (χ2n) is 3.50. The summed E-state index contributed by atoms with van der Waals surface area (Å²) in [7, 11) is 0. The minimum atomic E-state index is 0.748. The fourth-order valence-corrected chi connectivity index (χ4v) is 1.85. The molecule has 1 N–H and O–H groups in total. The standard InChI is InChI=1S/C9H17ClN2/c1-8(2)12-5-3-9(4-6-12)7-11-10/h9,11H,1,3-7H2,2H3. The summed E-state index contributed by atoms with van der Waals surface area (Å²) in [5.41, 5.74) is 1.19. The molecule has 0 spiro atoms. The smallest absolute Gasteiger partial charge is 0.0177 e. The molecule has 3 heteroatoms. The van der Waals surface area contributed by atoms with Crippen LogP contribution in [-0.2, 0) is 0 Å². The SMILES string of the molecule is C=C(C)N1CCC(CNCl)CC1. The normalized spacial score (nSPS) is 19.7. The Bertz CT molecular complexity index is 151. The fourth-order valence-electron chi connectivity index (χ4n) is 1.63. The molecule has 1 fully saturated rings. The molecule has 12 heavy (non-hydrogen) atoms. The van der Waals surface area contributed by atoms with Crippen molar-refractivity contribution in [2.45, 2.75) is 19.8 Å². The third-order valence-corrected chi connectivity index (χ3v) is 2.67. The predicted octanol–water partition coefficient (Wildman–Crippen LogP) is 1.98. The first-order valence-electron chi connectivity index (χ1n) is 4.48. The lowest BCUT2D eigenvalue weighted by Gasteiger charge is -2.33. The molecule has 0 unspecified atom stereocenters. The monoisotopic (exact) mass is 188 g/mol. The van der Waals surface area contributed by atoms with Gasteiger partial charge in [-0.1, -0.05) is 6.58 Å². The van der Waals surface area contributed by atoms with E-state index in [0.29, 0.717) is 0 Å². The summed E-state index contributed by atoms with van der Waals surface area (Å²) in [6.45, 7) is 9.21. The Labute approximate surface area is 79.7 Å². The highest BCUT2D eigenvalue weighted by Crippen LogP contribution is 2.18. The number of nitrogens with zero attached hydrogens (tertiary/aromatic N) is 1. The number of nitrogens with one attached hydrogen (secondary N) is 1. The molecule has 0 radical (unpaired) electrons. The van der Waals surface area contributed by atoms with Crippen molar-refractivity contribution in [3.05, 3.63) is 12.3 Å². The Morgan fingerprint density at radius 3 is 2.58 bits per heavy atom. The molecule has 0 aromatic heterocycles. The van der Waals surface area contributed by atoms with Crippen LogP contribution in [0.15, 0.2) is 12.3 Å². The van der Waals surface area contributed by atoms with Gasteiger partial charge in [0, 0.05) is 25.3 Å². The van der Waals surface area contributed by atoms with Crippen molar-refractivity contribution < 1.29 is 0 Å². The first-order chi connectivity index (χ1) is 5.74. The fraction of sp³-hybridized carbons (Fsp3) is 0.778. The number of allylic oxidation sites excluding steroid dienone is 1. The maximum atomic E-state index is 5.45. The number of hydrogen-bond acceptors (Lipinski definition) is 2. The first kappa shape index (κ1) is 9.87. The van der Waals surface area contributed by atoms with Crippen LogP contribution in [0, 0.1) is 5.92 Å². The lowest BCUT2D eigenvalue weighted by Crippen LogP contribution is -2.34. The Hall–Kier alpha value is -0.210. The van der Waals surface area contributed by atoms with Crippen LogP contribution in [0.1, 0.15) is 19.8 Å². The second-order valence-corrected chi connectivity index (χ2v) is 3.77. The maximum Gasteiger partial charge on any atom is 0.0177 e. The zero-order valence-electron chi connectivity index (χ0n) is 7.65. The van der Waals surface area contributed by atoms with Gasteiger partial charge in [-0.05, 0) is 37.5 Å². The van der Waals surface area contributed by atoms with Crippen LogP contribution >= 0.6 is 11.8 Å². The molecular weight excluding hydrogens is 172 g/mol. The summed E-state index contributed by atoms with van der Waals surface area (Å²) in [5, 5.41) is 0. The number of likely N-dealkylation sites (tertiary alicyclic amines) is 1. The van der Waals surface area contributed by atoms with E-state index in [-0.39, 0.29) is 0 Å². The zero-order valence-corrected chi connectivity index (χ0v) is 8.40. The van der Waals surface area contributed by atoms with Gasteiger partial charge in [0.1, 0.15) is 0 Å². The molecule has 0 aliphatic carbocycles. The molecule has 0 aromatic rings. The lowest BCUT2D eigenvalue weighted by molar-refractivity contribution is 0.229. The molecule has 2 nitrogen and oxygen atoms in total. The second kappa shape index (κ2) is 4.73. The van der Waals surface area contributed by atoms with Crippen molar-refractivity contribution in [3.63, 3.8) is 0 Å². The minimum absolute atomic E-state index is 0.748. The Balaban J connectivity index is 2.25. The average molecular weight is 189 g/mol. The molecule has 1 heterocycles. The highest BCUT2D eigenvalue weighted by Gasteiger charge is 2.17. The number of piperidine rings is 1. The van der Waals surface area contributed by atoms with Gasteiger partial charge in [0.15, 0.2) is 0 Å². The molecule has 0 aromatic carbocycles. The highest BCUT2D eigenvalue weighted by atomic mass is 35.5. The van der Waals surface area contributed by atoms with Gasteiger partial charge in [0.2, 0.25) is 0 Å². The van der Waals surface area contributed by atoms with Crippen LogP contribution in [0.3, 0.4) is 0 Å². The van der Waals surface area contributed by atoms with E-state index in [2.05, 4.69) is 23.2 Å². The van der Waals surface area contributed by atoms with Crippen molar-refractivity contribution in [3.8, 4) is 0 Å². The zero-order chi connectivity index (χ0) is 8.97. The summed E-state index contributed by atoms with van der Waals surface area (Å²) in [4.78, 5) is 5.05. The van der Waals surface area contributed by atoms with Gasteiger partial charge in [-0.2, -0.15) is 0 Å². The van der Waals surface area contributed by atoms with E-state index >= 15 is 0 Å². The summed E-state index contributed by atoms with van der Waals surface area (Å²) in [5.74, 6) is 0.748. The molecule has 1 aliphatic rings. The van der Waals surface area contributed by atoms with Gasteiger partial charge >= 0.3 is 0 Å². The van der Waals surface area contributed by atoms with Crippen LogP contribution < -0.4 is 4.84 Å². The van der Waals surface area contributed by atoms with Crippen molar-refractivity contribution in [2.24, 2.45) is 5.92 Å². The number of hydrogen-bond donors (Lipinski definition) is 1. The van der Waals surface area contributed by atoms with Gasteiger partial charge in [-0.3, -0.25) is 0 Å². The van der Waals surface area contributed by atoms with Crippen molar-refractivity contribution in [2.75, 3.05) is 19.6 Å². The predicted molar refractivity (Wildman–Crippen MR) is 53.0 cm³/mol. The number of halogens is 1. The summed E-state index contributed by atoms with van der Waals surface area (Å²) < 4.78 is 0. The quantitative estimate of drug-likeness (QED) is 0.682. The average Bonchev–Trinajstić information content (AvgIpc) is 2.06. The topological polar surface area (TPSA) is 15.3 Å². The van der Waals surface area contributed by atoms with E-state index in [0.717, 1.165) is 25.6 Å². The third kappa shape index (κ3) is 2.68. The van der Waals surface area contributed by atoms with E-state index in [4.69, 9.17) is 11.8 Å². The molecule has 0 saturated carbocycles. The van der Waals surface area contributed by atoms with Crippen LogP contribution in [0.4, 0.5) is 0 Å². The van der Waals surface area contributed by atoms with E-state index in [9.17, 15) is 0 Å². The van der Waals surface area contributed by atoms with Crippen LogP contribution in [0.5, 0.6) is 0 Å². The molecule has 1 rings (SSSR count). The largest absolute Gasteiger partial charge is 0.376 e. The molecule has 1 saturated heterocycles. The summed E-state index contributed by atoms with van der Waals surface area (Å²) in [6.07, 6.45) is 2.46. The lowest BCUT2D eigenvalue weighted by atomic mass is 9.97. The van der Waals surface area contributed by atoms with E-state index in [1.807, 2.05) is 0 Å². The van der Waals surface area contributed by atoms with Gasteiger partial charge in [-0.15, -0.1) is 0 Å². The van der Waals surface area contributed by atoms with Gasteiger partial charge in [-0.25, -0.2) is 4.84 Å². The van der Waals surface area contributed by atoms with E-state index < -0.39 is 0 Å². The Morgan fingerprint density at radius 2 is 2.17 bits per heavy atom. The van der Waals surface area contributed by atoms with Crippen LogP contribution in [-0.4, -0.2) is 24.5 Å². The van der Waals surface area contributed by atoms with Crippen LogP contribution in [0.25, 0.3) is 0 Å². The number of rotatable bonds is 3. The Morgan fingerprint density at radius 1 is 1.58 bits per heavy atom. The van der Waals surface area contributed by atoms with Crippen molar-refractivity contribution in [1.29, 1.82) is 0 Å². The molecule has 0 amide bonds. The van der Waals surface area contributed by atoms with Crippen molar-refractivity contribution >= 4 is 11.8 Å². The minimum Gasteiger partial charge on any atom is -0.376 e.